The van der Waals surface area contributed by atoms with E-state index in [2.05, 4.69) is 73.6 Å². The lowest BCUT2D eigenvalue weighted by atomic mass is 10.0. The maximum atomic E-state index is 3.46. The van der Waals surface area contributed by atoms with Crippen molar-refractivity contribution in [1.82, 2.24) is 10.2 Å². The molecule has 0 heterocycles. The minimum absolute atomic E-state index is 0.395. The average molecular weight is 270 g/mol. The van der Waals surface area contributed by atoms with Crippen LogP contribution in [-0.2, 0) is 0 Å². The SMILES string of the molecule is CCCN(CC)CC(NC)c1ccc2ccccc2c1. The first-order valence-electron chi connectivity index (χ1n) is 7.66. The number of hydrogen-bond acceptors (Lipinski definition) is 2. The van der Waals surface area contributed by atoms with Crippen LogP contribution in [0.2, 0.25) is 0 Å². The van der Waals surface area contributed by atoms with E-state index < -0.39 is 0 Å². The topological polar surface area (TPSA) is 15.3 Å². The molecule has 1 unspecified atom stereocenters. The Balaban J connectivity index is 2.20. The summed E-state index contributed by atoms with van der Waals surface area (Å²) in [6, 6.07) is 15.8. The highest BCUT2D eigenvalue weighted by Crippen LogP contribution is 2.21. The fraction of sp³-hybridized carbons (Fsp3) is 0.444. The van der Waals surface area contributed by atoms with Crippen LogP contribution in [-0.4, -0.2) is 31.6 Å². The Morgan fingerprint density at radius 3 is 2.45 bits per heavy atom. The summed E-state index contributed by atoms with van der Waals surface area (Å²) in [6.45, 7) is 7.83. The predicted molar refractivity (Wildman–Crippen MR) is 88.2 cm³/mol. The highest BCUT2D eigenvalue weighted by atomic mass is 15.1. The Bertz CT molecular complexity index is 536. The van der Waals surface area contributed by atoms with Crippen LogP contribution in [0.1, 0.15) is 31.9 Å². The number of nitrogens with one attached hydrogen (secondary N) is 1. The minimum Gasteiger partial charge on any atom is -0.312 e. The number of nitrogens with zero attached hydrogens (tertiary/aromatic N) is 1. The highest BCUT2D eigenvalue weighted by Gasteiger charge is 2.13. The predicted octanol–water partition coefficient (Wildman–Crippen LogP) is 3.83. The van der Waals surface area contributed by atoms with E-state index in [0.717, 1.165) is 13.1 Å². The molecule has 108 valence electrons. The molecule has 0 aliphatic rings. The monoisotopic (exact) mass is 270 g/mol. The van der Waals surface area contributed by atoms with Crippen molar-refractivity contribution in [3.8, 4) is 0 Å². The van der Waals surface area contributed by atoms with Gasteiger partial charge in [0.05, 0.1) is 0 Å². The van der Waals surface area contributed by atoms with Crippen LogP contribution in [0.25, 0.3) is 10.8 Å². The molecule has 2 aromatic rings. The van der Waals surface area contributed by atoms with Gasteiger partial charge in [-0.1, -0.05) is 50.2 Å². The van der Waals surface area contributed by atoms with Gasteiger partial charge in [0, 0.05) is 12.6 Å². The first-order valence-corrected chi connectivity index (χ1v) is 7.66. The van der Waals surface area contributed by atoms with Gasteiger partial charge in [0.15, 0.2) is 0 Å². The Labute approximate surface area is 122 Å². The van der Waals surface area contributed by atoms with Crippen molar-refractivity contribution in [2.24, 2.45) is 0 Å². The normalized spacial score (nSPS) is 13.0. The molecule has 2 heteroatoms. The lowest BCUT2D eigenvalue weighted by Gasteiger charge is -2.26. The molecule has 0 saturated heterocycles. The van der Waals surface area contributed by atoms with Crippen molar-refractivity contribution in [3.63, 3.8) is 0 Å². The lowest BCUT2D eigenvalue weighted by Crippen LogP contribution is -2.34. The fourth-order valence-electron chi connectivity index (χ4n) is 2.74. The Hall–Kier alpha value is -1.38. The summed E-state index contributed by atoms with van der Waals surface area (Å²) >= 11 is 0. The fourth-order valence-corrected chi connectivity index (χ4v) is 2.74. The van der Waals surface area contributed by atoms with Crippen molar-refractivity contribution in [3.05, 3.63) is 48.0 Å². The zero-order valence-corrected chi connectivity index (χ0v) is 12.9. The van der Waals surface area contributed by atoms with Gasteiger partial charge in [0.25, 0.3) is 0 Å². The third kappa shape index (κ3) is 3.59. The first-order chi connectivity index (χ1) is 9.78. The standard InChI is InChI=1S/C18H26N2/c1-4-12-20(5-2)14-18(19-3)17-11-10-15-8-6-7-9-16(15)13-17/h6-11,13,18-19H,4-5,12,14H2,1-3H3. The molecule has 2 rings (SSSR count). The van der Waals surface area contributed by atoms with Crippen molar-refractivity contribution in [2.75, 3.05) is 26.7 Å². The van der Waals surface area contributed by atoms with E-state index in [-0.39, 0.29) is 0 Å². The molecule has 1 atom stereocenters. The first kappa shape index (κ1) is 15.0. The molecule has 0 aliphatic heterocycles. The van der Waals surface area contributed by atoms with E-state index in [1.165, 1.54) is 29.3 Å². The third-order valence-corrected chi connectivity index (χ3v) is 3.95. The van der Waals surface area contributed by atoms with Crippen LogP contribution >= 0.6 is 0 Å². The summed E-state index contributed by atoms with van der Waals surface area (Å²) < 4.78 is 0. The zero-order chi connectivity index (χ0) is 14.4. The van der Waals surface area contributed by atoms with Crippen LogP contribution < -0.4 is 5.32 Å². The molecule has 20 heavy (non-hydrogen) atoms. The Kier molecular flexibility index (Phi) is 5.57. The maximum absolute atomic E-state index is 3.46. The quantitative estimate of drug-likeness (QED) is 0.822. The largest absolute Gasteiger partial charge is 0.312 e. The van der Waals surface area contributed by atoms with Crippen LogP contribution in [0.4, 0.5) is 0 Å². The van der Waals surface area contributed by atoms with Crippen LogP contribution in [0, 0.1) is 0 Å². The molecule has 1 N–H and O–H groups in total. The zero-order valence-electron chi connectivity index (χ0n) is 12.9. The van der Waals surface area contributed by atoms with Gasteiger partial charge >= 0.3 is 0 Å². The molecule has 0 amide bonds. The molecular weight excluding hydrogens is 244 g/mol. The summed E-state index contributed by atoms with van der Waals surface area (Å²) in [6.07, 6.45) is 1.21. The lowest BCUT2D eigenvalue weighted by molar-refractivity contribution is 0.259. The van der Waals surface area contributed by atoms with Gasteiger partial charge in [-0.15, -0.1) is 0 Å². The Morgan fingerprint density at radius 1 is 1.05 bits per heavy atom. The second-order valence-corrected chi connectivity index (χ2v) is 5.34. The molecule has 0 aliphatic carbocycles. The molecule has 0 spiro atoms. The molecule has 0 aromatic heterocycles. The van der Waals surface area contributed by atoms with Crippen molar-refractivity contribution in [2.45, 2.75) is 26.3 Å². The minimum atomic E-state index is 0.395. The molecular formula is C18H26N2. The van der Waals surface area contributed by atoms with Gasteiger partial charge in [-0.3, -0.25) is 0 Å². The van der Waals surface area contributed by atoms with Gasteiger partial charge in [-0.05, 0) is 49.0 Å². The van der Waals surface area contributed by atoms with E-state index in [9.17, 15) is 0 Å². The second-order valence-electron chi connectivity index (χ2n) is 5.34. The van der Waals surface area contributed by atoms with E-state index in [1.54, 1.807) is 0 Å². The molecule has 0 fully saturated rings. The van der Waals surface area contributed by atoms with E-state index in [4.69, 9.17) is 0 Å². The highest BCUT2D eigenvalue weighted by molar-refractivity contribution is 5.83. The summed E-state index contributed by atoms with van der Waals surface area (Å²) in [7, 11) is 2.06. The number of fused-ring (bicyclic) bond motifs is 1. The third-order valence-electron chi connectivity index (χ3n) is 3.95. The maximum Gasteiger partial charge on any atom is 0.0447 e. The van der Waals surface area contributed by atoms with E-state index in [0.29, 0.717) is 6.04 Å². The number of likely N-dealkylation sites (N-methyl/N-ethyl adjacent to an activating group) is 2. The summed E-state index contributed by atoms with van der Waals surface area (Å²) in [5, 5.41) is 6.10. The van der Waals surface area contributed by atoms with Gasteiger partial charge in [0.1, 0.15) is 0 Å². The summed E-state index contributed by atoms with van der Waals surface area (Å²) in [4.78, 5) is 2.51. The summed E-state index contributed by atoms with van der Waals surface area (Å²) in [5.74, 6) is 0. The smallest absolute Gasteiger partial charge is 0.0447 e. The van der Waals surface area contributed by atoms with Gasteiger partial charge < -0.3 is 10.2 Å². The Morgan fingerprint density at radius 2 is 1.80 bits per heavy atom. The van der Waals surface area contributed by atoms with Gasteiger partial charge in [-0.2, -0.15) is 0 Å². The molecule has 2 nitrogen and oxygen atoms in total. The second kappa shape index (κ2) is 7.41. The number of hydrogen-bond donors (Lipinski definition) is 1. The van der Waals surface area contributed by atoms with Crippen LogP contribution in [0.5, 0.6) is 0 Å². The van der Waals surface area contributed by atoms with Crippen LogP contribution in [0.3, 0.4) is 0 Å². The molecule has 2 aromatic carbocycles. The molecule has 0 bridgehead atoms. The molecule has 0 saturated carbocycles. The van der Waals surface area contributed by atoms with Crippen molar-refractivity contribution >= 4 is 10.8 Å². The van der Waals surface area contributed by atoms with Crippen molar-refractivity contribution < 1.29 is 0 Å². The van der Waals surface area contributed by atoms with Gasteiger partial charge in [0.2, 0.25) is 0 Å². The van der Waals surface area contributed by atoms with Crippen molar-refractivity contribution in [1.29, 1.82) is 0 Å². The van der Waals surface area contributed by atoms with Gasteiger partial charge in [-0.25, -0.2) is 0 Å². The number of benzene rings is 2. The average Bonchev–Trinajstić information content (AvgIpc) is 2.51. The number of rotatable bonds is 7. The van der Waals surface area contributed by atoms with E-state index >= 15 is 0 Å². The molecule has 0 radical (unpaired) electrons. The van der Waals surface area contributed by atoms with Crippen LogP contribution in [0.15, 0.2) is 42.5 Å². The summed E-state index contributed by atoms with van der Waals surface area (Å²) in [5.41, 5.74) is 1.38. The van der Waals surface area contributed by atoms with E-state index in [1.807, 2.05) is 0 Å².